The number of fused-ring (bicyclic) bond motifs is 2. The summed E-state index contributed by atoms with van der Waals surface area (Å²) in [6.07, 6.45) is 3.51. The van der Waals surface area contributed by atoms with Gasteiger partial charge in [-0.1, -0.05) is 18.2 Å². The molecule has 2 aromatic carbocycles. The highest BCUT2D eigenvalue weighted by molar-refractivity contribution is 5.93. The molecule has 1 aliphatic rings. The van der Waals surface area contributed by atoms with E-state index >= 15 is 0 Å². The first-order chi connectivity index (χ1) is 15.6. The molecule has 3 heterocycles. The van der Waals surface area contributed by atoms with Crippen LogP contribution in [0.5, 0.6) is 11.5 Å². The lowest BCUT2D eigenvalue weighted by Crippen LogP contribution is -2.18. The van der Waals surface area contributed by atoms with Crippen LogP contribution in [-0.4, -0.2) is 32.4 Å². The molecule has 5 rings (SSSR count). The van der Waals surface area contributed by atoms with Crippen LogP contribution in [0.2, 0.25) is 0 Å². The quantitative estimate of drug-likeness (QED) is 0.317. The molecule has 9 nitrogen and oxygen atoms in total. The van der Waals surface area contributed by atoms with Crippen LogP contribution in [0.15, 0.2) is 61.1 Å². The summed E-state index contributed by atoms with van der Waals surface area (Å²) in [5.74, 6) is 1.71. The van der Waals surface area contributed by atoms with Gasteiger partial charge in [-0.15, -0.1) is 0 Å². The molecule has 32 heavy (non-hydrogen) atoms. The van der Waals surface area contributed by atoms with Crippen molar-refractivity contribution in [2.75, 3.05) is 12.1 Å². The van der Waals surface area contributed by atoms with Crippen LogP contribution in [0.4, 0.5) is 5.82 Å². The summed E-state index contributed by atoms with van der Waals surface area (Å²) in [6.45, 7) is 2.89. The average Bonchev–Trinajstić information content (AvgIpc) is 3.46. The molecule has 162 valence electrons. The lowest BCUT2D eigenvalue weighted by atomic mass is 10.1. The molecule has 1 aliphatic heterocycles. The van der Waals surface area contributed by atoms with Crippen molar-refractivity contribution in [2.24, 2.45) is 0 Å². The van der Waals surface area contributed by atoms with Crippen molar-refractivity contribution in [2.45, 2.75) is 19.5 Å². The molecule has 0 saturated heterocycles. The summed E-state index contributed by atoms with van der Waals surface area (Å²) in [7, 11) is 0. The number of aromatic nitrogens is 3. The summed E-state index contributed by atoms with van der Waals surface area (Å²) < 4.78 is 12.9. The van der Waals surface area contributed by atoms with Gasteiger partial charge in [0, 0.05) is 18.3 Å². The number of hydrogen-bond donors (Lipinski definition) is 3. The molecule has 4 aromatic rings. The molecule has 1 atom stereocenters. The Balaban J connectivity index is 1.36. The largest absolute Gasteiger partial charge is 0.454 e. The van der Waals surface area contributed by atoms with Gasteiger partial charge in [0.25, 0.3) is 5.91 Å². The fraction of sp³-hybridized carbons (Fsp3) is 0.174. The smallest absolute Gasteiger partial charge is 0.274 e. The van der Waals surface area contributed by atoms with Crippen LogP contribution in [-0.2, 0) is 6.54 Å². The first-order valence-electron chi connectivity index (χ1n) is 10.1. The van der Waals surface area contributed by atoms with E-state index in [1.54, 1.807) is 23.9 Å². The van der Waals surface area contributed by atoms with Crippen molar-refractivity contribution in [3.63, 3.8) is 0 Å². The lowest BCUT2D eigenvalue weighted by molar-refractivity contribution is 0.0706. The number of hydrogen-bond acceptors (Lipinski definition) is 7. The maximum atomic E-state index is 11.5. The van der Waals surface area contributed by atoms with Gasteiger partial charge >= 0.3 is 0 Å². The topological polar surface area (TPSA) is 111 Å². The van der Waals surface area contributed by atoms with E-state index in [1.165, 1.54) is 0 Å². The minimum Gasteiger partial charge on any atom is -0.454 e. The second-order valence-electron chi connectivity index (χ2n) is 7.52. The fourth-order valence-electron chi connectivity index (χ4n) is 3.74. The number of carbonyl (C=O) groups is 1. The Kier molecular flexibility index (Phi) is 5.08. The Bertz CT molecular complexity index is 1290. The number of carbonyl (C=O) groups excluding carboxylic acids is 1. The zero-order chi connectivity index (χ0) is 22.1. The van der Waals surface area contributed by atoms with Gasteiger partial charge in [0.1, 0.15) is 17.8 Å². The Morgan fingerprint density at radius 1 is 1.12 bits per heavy atom. The molecule has 0 radical (unpaired) electrons. The average molecular weight is 431 g/mol. The summed E-state index contributed by atoms with van der Waals surface area (Å²) in [6, 6.07) is 14.9. The molecule has 0 spiro atoms. The Morgan fingerprint density at radius 3 is 2.75 bits per heavy atom. The minimum absolute atomic E-state index is 0.00355. The second-order valence-corrected chi connectivity index (χ2v) is 7.52. The summed E-state index contributed by atoms with van der Waals surface area (Å²) >= 11 is 0. The summed E-state index contributed by atoms with van der Waals surface area (Å²) in [4.78, 5) is 20.4. The van der Waals surface area contributed by atoms with Crippen LogP contribution in [0.25, 0.3) is 11.0 Å². The van der Waals surface area contributed by atoms with Crippen molar-refractivity contribution in [3.8, 4) is 11.5 Å². The Labute approximate surface area is 183 Å². The van der Waals surface area contributed by atoms with Gasteiger partial charge in [0.2, 0.25) is 6.79 Å². The van der Waals surface area contributed by atoms with E-state index < -0.39 is 5.91 Å². The van der Waals surface area contributed by atoms with Crippen molar-refractivity contribution in [1.82, 2.24) is 20.0 Å². The van der Waals surface area contributed by atoms with E-state index in [0.29, 0.717) is 12.1 Å². The van der Waals surface area contributed by atoms with E-state index in [9.17, 15) is 4.79 Å². The van der Waals surface area contributed by atoms with E-state index in [-0.39, 0.29) is 12.8 Å². The number of amides is 1. The molecule has 0 fully saturated rings. The molecule has 3 N–H and O–H groups in total. The van der Waals surface area contributed by atoms with Crippen LogP contribution in [0.1, 0.15) is 34.5 Å². The molecule has 2 aromatic heterocycles. The standard InChI is InChI=1S/C23H21N5O4/c1-14(17-6-7-19-20(10-17)32-13-31-19)26-21-18-8-9-28(22(18)25-12-24-21)11-15-2-4-16(5-3-15)23(29)27-30/h2-10,12,14,30H,11,13H2,1H3,(H,27,29)(H,24,25,26)/t14-/m0/s1. The maximum Gasteiger partial charge on any atom is 0.274 e. The molecule has 1 amide bonds. The third kappa shape index (κ3) is 3.69. The Hall–Kier alpha value is -4.11. The van der Waals surface area contributed by atoms with Crippen molar-refractivity contribution >= 4 is 22.8 Å². The molecule has 0 unspecified atom stereocenters. The van der Waals surface area contributed by atoms with Crippen molar-refractivity contribution in [1.29, 1.82) is 0 Å². The molecule has 0 saturated carbocycles. The predicted molar refractivity (Wildman–Crippen MR) is 117 cm³/mol. The molecule has 9 heteroatoms. The zero-order valence-corrected chi connectivity index (χ0v) is 17.3. The van der Waals surface area contributed by atoms with Crippen LogP contribution < -0.4 is 20.3 Å². The van der Waals surface area contributed by atoms with E-state index in [0.717, 1.165) is 39.5 Å². The minimum atomic E-state index is -0.539. The van der Waals surface area contributed by atoms with Crippen LogP contribution in [0.3, 0.4) is 0 Å². The second kappa shape index (κ2) is 8.20. The number of hydroxylamine groups is 1. The van der Waals surface area contributed by atoms with Gasteiger partial charge in [-0.3, -0.25) is 10.0 Å². The zero-order valence-electron chi connectivity index (χ0n) is 17.3. The van der Waals surface area contributed by atoms with E-state index in [1.807, 2.05) is 47.2 Å². The predicted octanol–water partition coefficient (Wildman–Crippen LogP) is 3.50. The normalized spacial score (nSPS) is 13.2. The first-order valence-corrected chi connectivity index (χ1v) is 10.1. The number of benzene rings is 2. The number of rotatable bonds is 6. The van der Waals surface area contributed by atoms with Gasteiger partial charge < -0.3 is 19.4 Å². The van der Waals surface area contributed by atoms with Gasteiger partial charge in [-0.2, -0.15) is 0 Å². The first kappa shape index (κ1) is 19.8. The summed E-state index contributed by atoms with van der Waals surface area (Å²) in [5.41, 5.74) is 4.89. The highest BCUT2D eigenvalue weighted by Crippen LogP contribution is 2.35. The highest BCUT2D eigenvalue weighted by Gasteiger charge is 2.17. The van der Waals surface area contributed by atoms with Gasteiger partial charge in [0.15, 0.2) is 11.5 Å². The molecular weight excluding hydrogens is 410 g/mol. The third-order valence-corrected chi connectivity index (χ3v) is 5.48. The number of ether oxygens (including phenoxy) is 2. The third-order valence-electron chi connectivity index (χ3n) is 5.48. The van der Waals surface area contributed by atoms with Crippen molar-refractivity contribution < 1.29 is 19.5 Å². The number of nitrogens with zero attached hydrogens (tertiary/aromatic N) is 3. The highest BCUT2D eigenvalue weighted by atomic mass is 16.7. The van der Waals surface area contributed by atoms with Gasteiger partial charge in [-0.25, -0.2) is 15.4 Å². The lowest BCUT2D eigenvalue weighted by Gasteiger charge is -2.16. The SMILES string of the molecule is C[C@H](Nc1ncnc2c1ccn2Cc1ccc(C(=O)NO)cc1)c1ccc2c(c1)OCO2. The molecule has 0 aliphatic carbocycles. The van der Waals surface area contributed by atoms with Gasteiger partial charge in [-0.05, 0) is 48.4 Å². The fourth-order valence-corrected chi connectivity index (χ4v) is 3.74. The van der Waals surface area contributed by atoms with E-state index in [2.05, 4.69) is 22.2 Å². The van der Waals surface area contributed by atoms with Crippen LogP contribution in [0, 0.1) is 0 Å². The van der Waals surface area contributed by atoms with Crippen molar-refractivity contribution in [3.05, 3.63) is 77.7 Å². The molecule has 0 bridgehead atoms. The van der Waals surface area contributed by atoms with Gasteiger partial charge in [0.05, 0.1) is 11.4 Å². The monoisotopic (exact) mass is 431 g/mol. The number of nitrogens with one attached hydrogen (secondary N) is 2. The van der Waals surface area contributed by atoms with E-state index in [4.69, 9.17) is 14.7 Å². The van der Waals surface area contributed by atoms with Crippen LogP contribution >= 0.6 is 0 Å². The Morgan fingerprint density at radius 2 is 1.94 bits per heavy atom. The molecular formula is C23H21N5O4. The summed E-state index contributed by atoms with van der Waals surface area (Å²) in [5, 5.41) is 13.1. The maximum absolute atomic E-state index is 11.5. The number of anilines is 1.